The van der Waals surface area contributed by atoms with Crippen molar-refractivity contribution in [1.29, 1.82) is 0 Å². The predicted octanol–water partition coefficient (Wildman–Crippen LogP) is 4.69. The highest BCUT2D eigenvalue weighted by atomic mass is 35.5. The molecule has 2 aliphatic rings. The molecule has 7 nitrogen and oxygen atoms in total. The third-order valence-corrected chi connectivity index (χ3v) is 7.98. The Bertz CT molecular complexity index is 1300. The first-order valence-corrected chi connectivity index (χ1v) is 13.8. The highest BCUT2D eigenvalue weighted by Crippen LogP contribution is 2.34. The maximum atomic E-state index is 13.8. The molecule has 0 saturated carbocycles. The van der Waals surface area contributed by atoms with E-state index in [0.717, 1.165) is 29.2 Å². The summed E-state index contributed by atoms with van der Waals surface area (Å²) in [5, 5.41) is 8.44. The molecule has 2 aliphatic heterocycles. The Kier molecular flexibility index (Phi) is 8.48. The van der Waals surface area contributed by atoms with Crippen LogP contribution >= 0.6 is 22.9 Å². The molecule has 1 saturated heterocycles. The largest absolute Gasteiger partial charge is 0.379 e. The van der Waals surface area contributed by atoms with Gasteiger partial charge in [-0.05, 0) is 41.3 Å². The van der Waals surface area contributed by atoms with Gasteiger partial charge in [0.2, 0.25) is 0 Å². The maximum Gasteiger partial charge on any atom is 0.262 e. The van der Waals surface area contributed by atoms with Crippen molar-refractivity contribution in [1.82, 2.24) is 14.8 Å². The van der Waals surface area contributed by atoms with Crippen LogP contribution in [0, 0.1) is 5.82 Å². The zero-order valence-corrected chi connectivity index (χ0v) is 22.3. The number of hydrazone groups is 1. The fourth-order valence-corrected chi connectivity index (χ4v) is 5.59. The van der Waals surface area contributed by atoms with E-state index in [1.165, 1.54) is 17.1 Å². The third kappa shape index (κ3) is 6.13. The van der Waals surface area contributed by atoms with E-state index in [1.807, 2.05) is 17.5 Å². The summed E-state index contributed by atoms with van der Waals surface area (Å²) in [6.45, 7) is 3.64. The number of hydrogen-bond acceptors (Lipinski definition) is 6. The van der Waals surface area contributed by atoms with Crippen molar-refractivity contribution in [3.8, 4) is 0 Å². The number of carbonyl (C=O) groups excluding carboxylic acids is 2. The summed E-state index contributed by atoms with van der Waals surface area (Å²) in [4.78, 5) is 32.1. The van der Waals surface area contributed by atoms with Gasteiger partial charge >= 0.3 is 0 Å². The first kappa shape index (κ1) is 26.5. The van der Waals surface area contributed by atoms with Crippen LogP contribution in [0.5, 0.6) is 0 Å². The molecule has 0 radical (unpaired) electrons. The SMILES string of the molecule is O=C(c1ccccc1Cl)N(CCN1CCOCC1)CC(=O)N1N=C(c2cccs2)C[C@@H]1c1ccc(F)cc1. The maximum absolute atomic E-state index is 13.8. The van der Waals surface area contributed by atoms with Crippen molar-refractivity contribution in [2.24, 2.45) is 5.10 Å². The topological polar surface area (TPSA) is 65.5 Å². The highest BCUT2D eigenvalue weighted by molar-refractivity contribution is 7.12. The molecule has 0 aliphatic carbocycles. The van der Waals surface area contributed by atoms with Crippen molar-refractivity contribution in [3.63, 3.8) is 0 Å². The predicted molar refractivity (Wildman–Crippen MR) is 146 cm³/mol. The lowest BCUT2D eigenvalue weighted by molar-refractivity contribution is -0.133. The van der Waals surface area contributed by atoms with Crippen molar-refractivity contribution in [3.05, 3.63) is 92.9 Å². The number of hydrogen-bond donors (Lipinski definition) is 0. The number of amides is 2. The second-order valence-corrected chi connectivity index (χ2v) is 10.5. The number of nitrogens with zero attached hydrogens (tertiary/aromatic N) is 4. The Morgan fingerprint density at radius 1 is 1.08 bits per heavy atom. The molecule has 3 aromatic rings. The number of ether oxygens (including phenoxy) is 1. The van der Waals surface area contributed by atoms with Gasteiger partial charge in [0.25, 0.3) is 11.8 Å². The molecule has 10 heteroatoms. The van der Waals surface area contributed by atoms with Crippen LogP contribution in [0.1, 0.15) is 33.3 Å². The molecule has 1 atom stereocenters. The summed E-state index contributed by atoms with van der Waals surface area (Å²) < 4.78 is 19.1. The fourth-order valence-electron chi connectivity index (χ4n) is 4.66. The van der Waals surface area contributed by atoms with Crippen LogP contribution in [0.4, 0.5) is 4.39 Å². The normalized spacial score (nSPS) is 17.9. The van der Waals surface area contributed by atoms with Crippen LogP contribution in [-0.2, 0) is 9.53 Å². The van der Waals surface area contributed by atoms with E-state index in [-0.39, 0.29) is 24.2 Å². The van der Waals surface area contributed by atoms with Gasteiger partial charge in [-0.1, -0.05) is 41.9 Å². The van der Waals surface area contributed by atoms with Crippen molar-refractivity contribution in [2.45, 2.75) is 12.5 Å². The van der Waals surface area contributed by atoms with Gasteiger partial charge in [0.1, 0.15) is 12.4 Å². The minimum atomic E-state index is -0.392. The van der Waals surface area contributed by atoms with E-state index < -0.39 is 6.04 Å². The van der Waals surface area contributed by atoms with E-state index >= 15 is 0 Å². The van der Waals surface area contributed by atoms with Crippen molar-refractivity contribution in [2.75, 3.05) is 45.9 Å². The minimum absolute atomic E-state index is 0.159. The highest BCUT2D eigenvalue weighted by Gasteiger charge is 2.35. The van der Waals surface area contributed by atoms with Gasteiger partial charge in [-0.25, -0.2) is 9.40 Å². The molecular weight excluding hydrogens is 527 g/mol. The van der Waals surface area contributed by atoms with Crippen molar-refractivity contribution < 1.29 is 18.7 Å². The number of carbonyl (C=O) groups is 2. The van der Waals surface area contributed by atoms with Gasteiger partial charge in [0.05, 0.1) is 40.4 Å². The standard InChI is InChI=1S/C28H28ClFN4O3S/c29-23-5-2-1-4-22(23)28(36)33(12-11-32-13-15-37-16-14-32)19-27(35)34-25(20-7-9-21(30)10-8-20)18-24(31-34)26-6-3-17-38-26/h1-10,17,25H,11-16,18-19H2/t25-/m1/s1. The number of benzene rings is 2. The van der Waals surface area contributed by atoms with Crippen LogP contribution < -0.4 is 0 Å². The summed E-state index contributed by atoms with van der Waals surface area (Å²) >= 11 is 7.90. The number of thiophene rings is 1. The van der Waals surface area contributed by atoms with Crippen LogP contribution in [-0.4, -0.2) is 78.3 Å². The zero-order valence-electron chi connectivity index (χ0n) is 20.8. The Morgan fingerprint density at radius 3 is 2.55 bits per heavy atom. The van der Waals surface area contributed by atoms with E-state index in [0.29, 0.717) is 43.3 Å². The van der Waals surface area contributed by atoms with E-state index in [2.05, 4.69) is 10.0 Å². The third-order valence-electron chi connectivity index (χ3n) is 6.73. The Balaban J connectivity index is 1.40. The molecule has 198 valence electrons. The smallest absolute Gasteiger partial charge is 0.262 e. The summed E-state index contributed by atoms with van der Waals surface area (Å²) in [5.74, 6) is -0.964. The lowest BCUT2D eigenvalue weighted by atomic mass is 10.0. The van der Waals surface area contributed by atoms with Crippen LogP contribution in [0.2, 0.25) is 5.02 Å². The van der Waals surface area contributed by atoms with Crippen LogP contribution in [0.15, 0.2) is 71.1 Å². The number of rotatable bonds is 8. The molecule has 2 amide bonds. The fraction of sp³-hybridized carbons (Fsp3) is 0.321. The summed E-state index contributed by atoms with van der Waals surface area (Å²) in [5.41, 5.74) is 1.93. The van der Waals surface area contributed by atoms with Crippen LogP contribution in [0.25, 0.3) is 0 Å². The zero-order chi connectivity index (χ0) is 26.5. The lowest BCUT2D eigenvalue weighted by Gasteiger charge is -2.31. The number of morpholine rings is 1. The van der Waals surface area contributed by atoms with E-state index in [1.54, 1.807) is 52.6 Å². The Morgan fingerprint density at radius 2 is 1.84 bits per heavy atom. The summed E-state index contributed by atoms with van der Waals surface area (Å²) in [6.07, 6.45) is 0.504. The second-order valence-electron chi connectivity index (χ2n) is 9.19. The monoisotopic (exact) mass is 554 g/mol. The van der Waals surface area contributed by atoms with Gasteiger partial charge < -0.3 is 9.64 Å². The summed E-state index contributed by atoms with van der Waals surface area (Å²) in [7, 11) is 0. The molecule has 0 N–H and O–H groups in total. The average molecular weight is 555 g/mol. The summed E-state index contributed by atoms with van der Waals surface area (Å²) in [6, 6.07) is 16.5. The Hall–Kier alpha value is -3.11. The molecule has 38 heavy (non-hydrogen) atoms. The quantitative estimate of drug-likeness (QED) is 0.405. The van der Waals surface area contributed by atoms with Gasteiger partial charge in [0.15, 0.2) is 0 Å². The van der Waals surface area contributed by atoms with Gasteiger partial charge in [-0.3, -0.25) is 14.5 Å². The second kappa shape index (κ2) is 12.2. The lowest BCUT2D eigenvalue weighted by Crippen LogP contribution is -2.46. The first-order chi connectivity index (χ1) is 18.5. The molecule has 0 spiro atoms. The van der Waals surface area contributed by atoms with Gasteiger partial charge in [-0.2, -0.15) is 5.10 Å². The molecule has 1 aromatic heterocycles. The molecule has 2 aromatic carbocycles. The van der Waals surface area contributed by atoms with Gasteiger partial charge in [0, 0.05) is 32.6 Å². The van der Waals surface area contributed by atoms with Crippen molar-refractivity contribution >= 4 is 40.5 Å². The van der Waals surface area contributed by atoms with Gasteiger partial charge in [-0.15, -0.1) is 11.3 Å². The number of halogens is 2. The average Bonchev–Trinajstić information content (AvgIpc) is 3.63. The molecule has 3 heterocycles. The minimum Gasteiger partial charge on any atom is -0.379 e. The van der Waals surface area contributed by atoms with Crippen LogP contribution in [0.3, 0.4) is 0 Å². The Labute approximate surface area is 230 Å². The molecule has 1 fully saturated rings. The van der Waals surface area contributed by atoms with E-state index in [9.17, 15) is 14.0 Å². The molecule has 0 unspecified atom stereocenters. The van der Waals surface area contributed by atoms with E-state index in [4.69, 9.17) is 16.3 Å². The first-order valence-electron chi connectivity index (χ1n) is 12.5. The molecular formula is C28H28ClFN4O3S. The molecule has 5 rings (SSSR count). The molecule has 0 bridgehead atoms.